The van der Waals surface area contributed by atoms with Crippen molar-refractivity contribution in [2.24, 2.45) is 0 Å². The van der Waals surface area contributed by atoms with Crippen molar-refractivity contribution < 1.29 is 14.6 Å². The average Bonchev–Trinajstić information content (AvgIpc) is 2.81. The topological polar surface area (TPSA) is 84.6 Å². The second-order valence-electron chi connectivity index (χ2n) is 6.02. The Bertz CT molecular complexity index is 788. The lowest BCUT2D eigenvalue weighted by Crippen LogP contribution is -2.40. The quantitative estimate of drug-likeness (QED) is 0.363. The van der Waals surface area contributed by atoms with Crippen molar-refractivity contribution in [2.45, 2.75) is 29.6 Å². The monoisotopic (exact) mass is 344 g/mol. The van der Waals surface area contributed by atoms with Gasteiger partial charge >= 0.3 is 0 Å². The molecule has 4 rings (SSSR count). The molecule has 2 aromatic carbocycles. The van der Waals surface area contributed by atoms with Crippen LogP contribution in [0.2, 0.25) is 0 Å². The predicted octanol–water partition coefficient (Wildman–Crippen LogP) is 3.33. The SMILES string of the molecule is COc1ccccc1S.Nc1cc(O)c2c(c1)C1(CCC1)C(=O)N2. The Balaban J connectivity index is 0.000000162. The Morgan fingerprint density at radius 3 is 2.54 bits per heavy atom. The molecule has 1 heterocycles. The van der Waals surface area contributed by atoms with E-state index in [0.29, 0.717) is 11.4 Å². The van der Waals surface area contributed by atoms with Gasteiger partial charge in [-0.3, -0.25) is 4.79 Å². The van der Waals surface area contributed by atoms with Gasteiger partial charge in [0.05, 0.1) is 18.2 Å². The third-order valence-electron chi connectivity index (χ3n) is 4.62. The normalized spacial score (nSPS) is 16.5. The number of fused-ring (bicyclic) bond motifs is 2. The van der Waals surface area contributed by atoms with Gasteiger partial charge in [-0.15, -0.1) is 12.6 Å². The highest BCUT2D eigenvalue weighted by molar-refractivity contribution is 7.80. The summed E-state index contributed by atoms with van der Waals surface area (Å²) in [5, 5.41) is 12.4. The maximum absolute atomic E-state index is 11.8. The first-order valence-electron chi connectivity index (χ1n) is 7.74. The van der Waals surface area contributed by atoms with Crippen LogP contribution in [-0.2, 0) is 10.2 Å². The number of para-hydroxylation sites is 1. The fourth-order valence-corrected chi connectivity index (χ4v) is 3.42. The van der Waals surface area contributed by atoms with E-state index >= 15 is 0 Å². The number of benzene rings is 2. The molecule has 6 heteroatoms. The van der Waals surface area contributed by atoms with Gasteiger partial charge in [0, 0.05) is 16.6 Å². The van der Waals surface area contributed by atoms with Crippen LogP contribution in [-0.4, -0.2) is 18.1 Å². The van der Waals surface area contributed by atoms with E-state index in [2.05, 4.69) is 17.9 Å². The zero-order valence-corrected chi connectivity index (χ0v) is 14.3. The van der Waals surface area contributed by atoms with Crippen molar-refractivity contribution in [3.05, 3.63) is 42.0 Å². The second-order valence-corrected chi connectivity index (χ2v) is 6.51. The molecule has 2 aliphatic rings. The van der Waals surface area contributed by atoms with Crippen molar-refractivity contribution in [3.8, 4) is 11.5 Å². The molecule has 1 fully saturated rings. The average molecular weight is 344 g/mol. The van der Waals surface area contributed by atoms with Gasteiger partial charge in [0.15, 0.2) is 0 Å². The Kier molecular flexibility index (Phi) is 4.32. The van der Waals surface area contributed by atoms with Gasteiger partial charge in [-0.05, 0) is 36.6 Å². The standard InChI is InChI=1S/C11H12N2O2.C7H8OS/c12-6-4-7-9(8(14)5-6)13-10(15)11(7)2-1-3-11;1-8-6-4-2-3-5-7(6)9/h4-5,14H,1-3,12H2,(H,13,15);2-5,9H,1H3. The largest absolute Gasteiger partial charge is 0.506 e. The van der Waals surface area contributed by atoms with Crippen LogP contribution in [0, 0.1) is 0 Å². The first-order chi connectivity index (χ1) is 11.5. The Labute approximate surface area is 146 Å². The molecule has 2 aromatic rings. The molecule has 1 aliphatic carbocycles. The molecule has 24 heavy (non-hydrogen) atoms. The van der Waals surface area contributed by atoms with Gasteiger partial charge in [-0.25, -0.2) is 0 Å². The third-order valence-corrected chi connectivity index (χ3v) is 4.99. The summed E-state index contributed by atoms with van der Waals surface area (Å²) in [4.78, 5) is 12.7. The van der Waals surface area contributed by atoms with Crippen LogP contribution in [0.15, 0.2) is 41.3 Å². The number of carbonyl (C=O) groups is 1. The highest BCUT2D eigenvalue weighted by Gasteiger charge is 2.51. The van der Waals surface area contributed by atoms with Crippen LogP contribution in [0.3, 0.4) is 0 Å². The lowest BCUT2D eigenvalue weighted by molar-refractivity contribution is -0.123. The summed E-state index contributed by atoms with van der Waals surface area (Å²) in [5.74, 6) is 0.896. The van der Waals surface area contributed by atoms with Crippen LogP contribution in [0.1, 0.15) is 24.8 Å². The number of carbonyl (C=O) groups excluding carboxylic acids is 1. The van der Waals surface area contributed by atoms with Crippen molar-refractivity contribution in [1.29, 1.82) is 0 Å². The number of hydrogen-bond donors (Lipinski definition) is 4. The molecule has 0 bridgehead atoms. The molecule has 5 nitrogen and oxygen atoms in total. The van der Waals surface area contributed by atoms with Crippen LogP contribution < -0.4 is 15.8 Å². The highest BCUT2D eigenvalue weighted by Crippen LogP contribution is 2.53. The lowest BCUT2D eigenvalue weighted by atomic mass is 9.65. The number of phenolic OH excluding ortho intramolecular Hbond substituents is 1. The summed E-state index contributed by atoms with van der Waals surface area (Å²) in [6.07, 6.45) is 2.77. The molecule has 4 N–H and O–H groups in total. The smallest absolute Gasteiger partial charge is 0.235 e. The van der Waals surface area contributed by atoms with E-state index in [9.17, 15) is 9.90 Å². The van der Waals surface area contributed by atoms with Crippen molar-refractivity contribution in [1.82, 2.24) is 0 Å². The molecule has 1 aliphatic heterocycles. The molecule has 0 saturated heterocycles. The molecular weight excluding hydrogens is 324 g/mol. The molecule has 126 valence electrons. The Morgan fingerprint density at radius 1 is 1.29 bits per heavy atom. The summed E-state index contributed by atoms with van der Waals surface area (Å²) in [6, 6.07) is 10.9. The molecule has 0 unspecified atom stereocenters. The maximum Gasteiger partial charge on any atom is 0.235 e. The van der Waals surface area contributed by atoms with Crippen molar-refractivity contribution in [3.63, 3.8) is 0 Å². The van der Waals surface area contributed by atoms with E-state index < -0.39 is 5.41 Å². The number of thiol groups is 1. The van der Waals surface area contributed by atoms with Crippen molar-refractivity contribution in [2.75, 3.05) is 18.2 Å². The first kappa shape index (κ1) is 16.5. The number of amides is 1. The second kappa shape index (κ2) is 6.28. The summed E-state index contributed by atoms with van der Waals surface area (Å²) in [6.45, 7) is 0. The van der Waals surface area contributed by atoms with Gasteiger partial charge in [-0.2, -0.15) is 0 Å². The third kappa shape index (κ3) is 2.67. The first-order valence-corrected chi connectivity index (χ1v) is 8.19. The van der Waals surface area contributed by atoms with Crippen LogP contribution in [0.25, 0.3) is 0 Å². The summed E-state index contributed by atoms with van der Waals surface area (Å²) < 4.78 is 4.97. The number of hydrogen-bond acceptors (Lipinski definition) is 5. The van der Waals surface area contributed by atoms with E-state index in [4.69, 9.17) is 10.5 Å². The maximum atomic E-state index is 11.8. The van der Waals surface area contributed by atoms with Gasteiger partial charge in [0.25, 0.3) is 0 Å². The number of ether oxygens (including phenoxy) is 1. The van der Waals surface area contributed by atoms with Crippen LogP contribution >= 0.6 is 12.6 Å². The Morgan fingerprint density at radius 2 is 2.00 bits per heavy atom. The van der Waals surface area contributed by atoms with E-state index in [-0.39, 0.29) is 11.7 Å². The summed E-state index contributed by atoms with van der Waals surface area (Å²) >= 11 is 4.15. The molecule has 1 saturated carbocycles. The van der Waals surface area contributed by atoms with Crippen molar-refractivity contribution >= 4 is 29.9 Å². The van der Waals surface area contributed by atoms with Gasteiger partial charge in [0.1, 0.15) is 11.5 Å². The minimum Gasteiger partial charge on any atom is -0.506 e. The van der Waals surface area contributed by atoms with Crippen LogP contribution in [0.4, 0.5) is 11.4 Å². The van der Waals surface area contributed by atoms with E-state index in [1.165, 1.54) is 6.07 Å². The van der Waals surface area contributed by atoms with E-state index in [1.807, 2.05) is 24.3 Å². The van der Waals surface area contributed by atoms with E-state index in [1.54, 1.807) is 13.2 Å². The number of aromatic hydroxyl groups is 1. The molecule has 0 radical (unpaired) electrons. The number of nitrogen functional groups attached to an aromatic ring is 1. The number of rotatable bonds is 1. The zero-order valence-electron chi connectivity index (χ0n) is 13.4. The zero-order chi connectivity index (χ0) is 17.3. The van der Waals surface area contributed by atoms with Crippen LogP contribution in [0.5, 0.6) is 11.5 Å². The number of phenols is 1. The molecular formula is C18H20N2O3S. The molecule has 1 spiro atoms. The van der Waals surface area contributed by atoms with Gasteiger partial charge < -0.3 is 20.9 Å². The fourth-order valence-electron chi connectivity index (χ4n) is 3.17. The lowest BCUT2D eigenvalue weighted by Gasteiger charge is -2.36. The Hall–Kier alpha value is -2.34. The highest BCUT2D eigenvalue weighted by atomic mass is 32.1. The van der Waals surface area contributed by atoms with Gasteiger partial charge in [0.2, 0.25) is 5.91 Å². The molecule has 0 aromatic heterocycles. The number of methoxy groups -OCH3 is 1. The molecule has 1 amide bonds. The van der Waals surface area contributed by atoms with Gasteiger partial charge in [-0.1, -0.05) is 18.6 Å². The van der Waals surface area contributed by atoms with E-state index in [0.717, 1.165) is 35.5 Å². The number of nitrogens with two attached hydrogens (primary N) is 1. The molecule has 0 atom stereocenters. The summed E-state index contributed by atoms with van der Waals surface area (Å²) in [7, 11) is 1.63. The fraction of sp³-hybridized carbons (Fsp3) is 0.278. The predicted molar refractivity (Wildman–Crippen MR) is 96.9 cm³/mol. The number of anilines is 2. The summed E-state index contributed by atoms with van der Waals surface area (Å²) in [5.41, 5.74) is 7.21. The number of nitrogens with one attached hydrogen (secondary N) is 1. The minimum absolute atomic E-state index is 0.00431. The minimum atomic E-state index is -0.401.